The molecule has 1 aliphatic rings. The van der Waals surface area contributed by atoms with Crippen molar-refractivity contribution in [3.05, 3.63) is 89.5 Å². The summed E-state index contributed by atoms with van der Waals surface area (Å²) in [5.74, 6) is -0.343. The Balaban J connectivity index is 1.60. The third-order valence-electron chi connectivity index (χ3n) is 4.50. The molecular formula is C21H18N2O2. The van der Waals surface area contributed by atoms with Gasteiger partial charge in [-0.1, -0.05) is 48.5 Å². The maximum atomic E-state index is 12.5. The fourth-order valence-electron chi connectivity index (χ4n) is 3.26. The quantitative estimate of drug-likeness (QED) is 0.669. The fraction of sp³-hybridized carbons (Fsp3) is 0.0952. The Morgan fingerprint density at radius 3 is 2.52 bits per heavy atom. The third kappa shape index (κ3) is 2.94. The molecule has 0 spiro atoms. The summed E-state index contributed by atoms with van der Waals surface area (Å²) in [5.41, 5.74) is 4.45. The summed E-state index contributed by atoms with van der Waals surface area (Å²) in [6, 6.07) is 22.7. The Morgan fingerprint density at radius 2 is 1.68 bits per heavy atom. The van der Waals surface area contributed by atoms with Crippen molar-refractivity contribution in [1.29, 1.82) is 0 Å². The second kappa shape index (κ2) is 6.32. The van der Waals surface area contributed by atoms with Crippen LogP contribution in [0, 0.1) is 0 Å². The second-order valence-electron chi connectivity index (χ2n) is 6.12. The van der Waals surface area contributed by atoms with Gasteiger partial charge in [0.15, 0.2) is 0 Å². The van der Waals surface area contributed by atoms with Crippen LogP contribution in [-0.4, -0.2) is 11.0 Å². The molecule has 0 fully saturated rings. The second-order valence-corrected chi connectivity index (χ2v) is 6.12. The van der Waals surface area contributed by atoms with E-state index in [9.17, 15) is 9.90 Å². The van der Waals surface area contributed by atoms with Gasteiger partial charge >= 0.3 is 0 Å². The Bertz CT molecular complexity index is 911. The van der Waals surface area contributed by atoms with Gasteiger partial charge in [0.05, 0.1) is 11.6 Å². The molecule has 3 aromatic rings. The summed E-state index contributed by atoms with van der Waals surface area (Å²) < 4.78 is 0. The minimum Gasteiger partial charge on any atom is -0.507 e. The Hall–Kier alpha value is -3.27. The molecular weight excluding hydrogens is 312 g/mol. The van der Waals surface area contributed by atoms with Gasteiger partial charge < -0.3 is 15.7 Å². The van der Waals surface area contributed by atoms with Gasteiger partial charge in [0.2, 0.25) is 0 Å². The van der Waals surface area contributed by atoms with E-state index >= 15 is 0 Å². The highest BCUT2D eigenvalue weighted by molar-refractivity contribution is 6.06. The van der Waals surface area contributed by atoms with Crippen molar-refractivity contribution >= 4 is 17.3 Å². The highest BCUT2D eigenvalue weighted by Crippen LogP contribution is 2.36. The zero-order chi connectivity index (χ0) is 17.2. The van der Waals surface area contributed by atoms with Crippen LogP contribution in [0.1, 0.15) is 27.5 Å². The highest BCUT2D eigenvalue weighted by Gasteiger charge is 2.24. The molecule has 3 N–H and O–H groups in total. The lowest BCUT2D eigenvalue weighted by molar-refractivity contribution is 0.102. The molecule has 124 valence electrons. The molecule has 4 nitrogen and oxygen atoms in total. The maximum Gasteiger partial charge on any atom is 0.259 e. The molecule has 0 bridgehead atoms. The smallest absolute Gasteiger partial charge is 0.259 e. The van der Waals surface area contributed by atoms with E-state index < -0.39 is 0 Å². The number of para-hydroxylation sites is 3. The summed E-state index contributed by atoms with van der Waals surface area (Å²) in [7, 11) is 0. The van der Waals surface area contributed by atoms with E-state index in [1.807, 2.05) is 36.4 Å². The monoisotopic (exact) mass is 330 g/mol. The number of hydrogen-bond acceptors (Lipinski definition) is 3. The van der Waals surface area contributed by atoms with E-state index in [2.05, 4.69) is 22.8 Å². The average Bonchev–Trinajstić information content (AvgIpc) is 3.06. The van der Waals surface area contributed by atoms with Gasteiger partial charge in [-0.3, -0.25) is 4.79 Å². The van der Waals surface area contributed by atoms with Gasteiger partial charge in [-0.25, -0.2) is 0 Å². The molecule has 0 radical (unpaired) electrons. The van der Waals surface area contributed by atoms with Crippen LogP contribution in [0.4, 0.5) is 11.4 Å². The number of carbonyl (C=O) groups excluding carboxylic acids is 1. The lowest BCUT2D eigenvalue weighted by Crippen LogP contribution is -2.16. The molecule has 0 unspecified atom stereocenters. The zero-order valence-electron chi connectivity index (χ0n) is 13.6. The van der Waals surface area contributed by atoms with Crippen LogP contribution in [0.15, 0.2) is 72.8 Å². The summed E-state index contributed by atoms with van der Waals surface area (Å²) in [6.45, 7) is 0. The van der Waals surface area contributed by atoms with Gasteiger partial charge in [-0.05, 0) is 41.8 Å². The van der Waals surface area contributed by atoms with Crippen molar-refractivity contribution in [3.63, 3.8) is 0 Å². The fourth-order valence-corrected chi connectivity index (χ4v) is 3.26. The Kier molecular flexibility index (Phi) is 3.86. The summed E-state index contributed by atoms with van der Waals surface area (Å²) in [6.07, 6.45) is 0.875. The van der Waals surface area contributed by atoms with Crippen LogP contribution in [0.2, 0.25) is 0 Å². The minimum atomic E-state index is -0.318. The van der Waals surface area contributed by atoms with Crippen molar-refractivity contribution < 1.29 is 9.90 Å². The number of hydrogen-bond donors (Lipinski definition) is 3. The number of rotatable bonds is 3. The number of anilines is 2. The largest absolute Gasteiger partial charge is 0.507 e. The summed E-state index contributed by atoms with van der Waals surface area (Å²) >= 11 is 0. The number of carbonyl (C=O) groups is 1. The molecule has 25 heavy (non-hydrogen) atoms. The Morgan fingerprint density at radius 1 is 0.960 bits per heavy atom. The molecule has 0 saturated heterocycles. The molecule has 1 heterocycles. The molecule has 0 aliphatic carbocycles. The molecule has 1 aliphatic heterocycles. The predicted octanol–water partition coefficient (Wildman–Crippen LogP) is 4.35. The minimum absolute atomic E-state index is 0.0242. The van der Waals surface area contributed by atoms with Crippen molar-refractivity contribution in [2.45, 2.75) is 12.5 Å². The van der Waals surface area contributed by atoms with Crippen molar-refractivity contribution in [2.24, 2.45) is 0 Å². The number of fused-ring (bicyclic) bond motifs is 1. The van der Waals surface area contributed by atoms with Crippen LogP contribution in [0.5, 0.6) is 5.75 Å². The van der Waals surface area contributed by atoms with E-state index in [1.165, 1.54) is 11.6 Å². The number of phenolic OH excluding ortho intramolecular Hbond substituents is 1. The number of aromatic hydroxyl groups is 1. The molecule has 1 amide bonds. The van der Waals surface area contributed by atoms with Gasteiger partial charge in [0.1, 0.15) is 5.75 Å². The lowest BCUT2D eigenvalue weighted by Gasteiger charge is -2.17. The van der Waals surface area contributed by atoms with Gasteiger partial charge in [-0.15, -0.1) is 0 Å². The van der Waals surface area contributed by atoms with E-state index in [4.69, 9.17) is 0 Å². The normalized spacial score (nSPS) is 15.3. The number of phenols is 1. The summed E-state index contributed by atoms with van der Waals surface area (Å²) in [4.78, 5) is 12.5. The topological polar surface area (TPSA) is 61.4 Å². The van der Waals surface area contributed by atoms with E-state index in [-0.39, 0.29) is 23.3 Å². The first-order valence-electron chi connectivity index (χ1n) is 8.25. The van der Waals surface area contributed by atoms with Crippen molar-refractivity contribution in [1.82, 2.24) is 0 Å². The highest BCUT2D eigenvalue weighted by atomic mass is 16.3. The standard InChI is InChI=1S/C21H18N2O2/c24-20-12-6-3-9-16(20)21(25)23-18-11-5-2-8-15(18)19-13-14-7-1-4-10-17(14)22-19/h1-12,19,22,24H,13H2,(H,23,25)/t19-/m1/s1. The SMILES string of the molecule is O=C(Nc1ccccc1[C@H]1Cc2ccccc2N1)c1ccccc1O. The van der Waals surface area contributed by atoms with Gasteiger partial charge in [-0.2, -0.15) is 0 Å². The third-order valence-corrected chi connectivity index (χ3v) is 4.50. The molecule has 0 saturated carbocycles. The van der Waals surface area contributed by atoms with Crippen LogP contribution in [-0.2, 0) is 6.42 Å². The van der Waals surface area contributed by atoms with Crippen molar-refractivity contribution in [3.8, 4) is 5.75 Å². The molecule has 0 aromatic heterocycles. The Labute approximate surface area is 146 Å². The van der Waals surface area contributed by atoms with Crippen LogP contribution in [0.3, 0.4) is 0 Å². The number of nitrogens with one attached hydrogen (secondary N) is 2. The lowest BCUT2D eigenvalue weighted by atomic mass is 10.0. The van der Waals surface area contributed by atoms with E-state index in [0.717, 1.165) is 23.4 Å². The maximum absolute atomic E-state index is 12.5. The van der Waals surface area contributed by atoms with E-state index in [0.29, 0.717) is 0 Å². The first-order valence-corrected chi connectivity index (χ1v) is 8.25. The first kappa shape index (κ1) is 15.3. The van der Waals surface area contributed by atoms with Crippen LogP contribution >= 0.6 is 0 Å². The number of benzene rings is 3. The predicted molar refractivity (Wildman–Crippen MR) is 99.0 cm³/mol. The van der Waals surface area contributed by atoms with E-state index in [1.54, 1.807) is 18.2 Å². The molecule has 4 heteroatoms. The first-order chi connectivity index (χ1) is 12.2. The van der Waals surface area contributed by atoms with Crippen LogP contribution in [0.25, 0.3) is 0 Å². The molecule has 1 atom stereocenters. The van der Waals surface area contributed by atoms with Crippen molar-refractivity contribution in [2.75, 3.05) is 10.6 Å². The summed E-state index contributed by atoms with van der Waals surface area (Å²) in [5, 5.41) is 16.3. The van der Waals surface area contributed by atoms with Gasteiger partial charge in [0, 0.05) is 11.4 Å². The van der Waals surface area contributed by atoms with Gasteiger partial charge in [0.25, 0.3) is 5.91 Å². The van der Waals surface area contributed by atoms with Crippen LogP contribution < -0.4 is 10.6 Å². The molecule has 3 aromatic carbocycles. The molecule has 4 rings (SSSR count). The average molecular weight is 330 g/mol. The number of amides is 1. The zero-order valence-corrected chi connectivity index (χ0v) is 13.6.